The van der Waals surface area contributed by atoms with Crippen molar-refractivity contribution in [2.45, 2.75) is 38.8 Å². The summed E-state index contributed by atoms with van der Waals surface area (Å²) in [5.41, 5.74) is 6.95. The molecule has 2 aromatic carbocycles. The zero-order chi connectivity index (χ0) is 20.5. The van der Waals surface area contributed by atoms with Crippen LogP contribution in [0, 0.1) is 0 Å². The third-order valence-corrected chi connectivity index (χ3v) is 5.82. The summed E-state index contributed by atoms with van der Waals surface area (Å²) in [5, 5.41) is 10.2. The first-order chi connectivity index (χ1) is 14.0. The Kier molecular flexibility index (Phi) is 5.01. The Labute approximate surface area is 171 Å². The summed E-state index contributed by atoms with van der Waals surface area (Å²) in [6.07, 6.45) is 4.66. The monoisotopic (exact) mass is 386 g/mol. The molecule has 4 nitrogen and oxygen atoms in total. The summed E-state index contributed by atoms with van der Waals surface area (Å²) in [5.74, 6) is -0.941. The lowest BCUT2D eigenvalue weighted by Gasteiger charge is -2.43. The van der Waals surface area contributed by atoms with Gasteiger partial charge in [0.25, 0.3) is 0 Å². The van der Waals surface area contributed by atoms with Crippen LogP contribution in [0.5, 0.6) is 0 Å². The Morgan fingerprint density at radius 3 is 2.66 bits per heavy atom. The molecule has 2 atom stereocenters. The molecule has 4 rings (SSSR count). The van der Waals surface area contributed by atoms with Crippen molar-refractivity contribution >= 4 is 22.9 Å². The Bertz CT molecular complexity index is 1090. The van der Waals surface area contributed by atoms with E-state index < -0.39 is 5.97 Å². The largest absolute Gasteiger partial charge is 0.478 e. The van der Waals surface area contributed by atoms with Gasteiger partial charge in [0, 0.05) is 34.4 Å². The number of benzene rings is 2. The number of aromatic nitrogens is 1. The number of nitrogens with zero attached hydrogens (tertiary/aromatic N) is 1. The van der Waals surface area contributed by atoms with Crippen LogP contribution < -0.4 is 0 Å². The van der Waals surface area contributed by atoms with E-state index in [-0.39, 0.29) is 6.04 Å². The fourth-order valence-corrected chi connectivity index (χ4v) is 4.42. The maximum Gasteiger partial charge on any atom is 0.328 e. The van der Waals surface area contributed by atoms with Crippen LogP contribution in [0.1, 0.15) is 48.7 Å². The second-order valence-corrected chi connectivity index (χ2v) is 7.68. The highest BCUT2D eigenvalue weighted by molar-refractivity contribution is 5.86. The number of carboxylic acid groups (broad SMARTS) is 1. The zero-order valence-electron chi connectivity index (χ0n) is 16.9. The van der Waals surface area contributed by atoms with E-state index in [0.29, 0.717) is 6.04 Å². The number of carboxylic acids is 1. The van der Waals surface area contributed by atoms with Crippen molar-refractivity contribution in [2.75, 3.05) is 0 Å². The Balaban J connectivity index is 1.83. The number of nitrogens with one attached hydrogen (secondary N) is 1. The predicted molar refractivity (Wildman–Crippen MR) is 118 cm³/mol. The summed E-state index contributed by atoms with van der Waals surface area (Å²) in [4.78, 5) is 16.9. The number of hydrogen-bond donors (Lipinski definition) is 2. The van der Waals surface area contributed by atoms with Gasteiger partial charge in [0.05, 0.1) is 6.04 Å². The molecule has 4 heteroatoms. The number of rotatable bonds is 5. The summed E-state index contributed by atoms with van der Waals surface area (Å²) >= 11 is 0. The van der Waals surface area contributed by atoms with Gasteiger partial charge in [-0.1, -0.05) is 56.0 Å². The van der Waals surface area contributed by atoms with Crippen molar-refractivity contribution in [1.82, 2.24) is 9.88 Å². The van der Waals surface area contributed by atoms with Crippen LogP contribution in [0.3, 0.4) is 0 Å². The maximum atomic E-state index is 10.8. The molecule has 0 bridgehead atoms. The molecule has 1 aliphatic heterocycles. The molecule has 29 heavy (non-hydrogen) atoms. The SMILES string of the molecule is C=C(CC)N1C(C)Cc2c([nH]c3ccccc23)C1c1ccc(/C=C/C(=O)O)cc1. The van der Waals surface area contributed by atoms with E-state index in [1.54, 1.807) is 6.08 Å². The van der Waals surface area contributed by atoms with E-state index in [0.717, 1.165) is 24.1 Å². The highest BCUT2D eigenvalue weighted by atomic mass is 16.4. The molecule has 148 valence electrons. The smallest absolute Gasteiger partial charge is 0.328 e. The Hall–Kier alpha value is -3.27. The first-order valence-electron chi connectivity index (χ1n) is 10.1. The highest BCUT2D eigenvalue weighted by Gasteiger charge is 2.35. The standard InChI is InChI=1S/C25H26N2O2/c1-4-16(2)27-17(3)15-21-20-7-5-6-8-22(20)26-24(21)25(27)19-12-9-18(10-13-19)11-14-23(28)29/h5-14,17,25-26H,2,4,15H2,1,3H3,(H,28,29)/b14-11+. The number of aliphatic carboxylic acids is 1. The minimum absolute atomic E-state index is 0.0612. The molecule has 0 spiro atoms. The van der Waals surface area contributed by atoms with Gasteiger partial charge in [-0.3, -0.25) is 0 Å². The maximum absolute atomic E-state index is 10.8. The first-order valence-corrected chi connectivity index (χ1v) is 10.1. The van der Waals surface area contributed by atoms with Gasteiger partial charge >= 0.3 is 5.97 Å². The van der Waals surface area contributed by atoms with Crippen LogP contribution in [-0.2, 0) is 11.2 Å². The molecule has 1 aliphatic rings. The van der Waals surface area contributed by atoms with Gasteiger partial charge < -0.3 is 15.0 Å². The van der Waals surface area contributed by atoms with E-state index in [4.69, 9.17) is 5.11 Å². The van der Waals surface area contributed by atoms with E-state index in [2.05, 4.69) is 66.7 Å². The van der Waals surface area contributed by atoms with Crippen LogP contribution in [0.15, 0.2) is 66.9 Å². The predicted octanol–water partition coefficient (Wildman–Crippen LogP) is 5.53. The zero-order valence-corrected chi connectivity index (χ0v) is 16.9. The normalized spacial score (nSPS) is 18.9. The number of carbonyl (C=O) groups is 1. The molecular formula is C25H26N2O2. The average Bonchev–Trinajstić information content (AvgIpc) is 3.09. The molecule has 0 fully saturated rings. The molecule has 0 aliphatic carbocycles. The van der Waals surface area contributed by atoms with Gasteiger partial charge in [-0.15, -0.1) is 0 Å². The second kappa shape index (κ2) is 7.63. The van der Waals surface area contributed by atoms with E-state index in [1.807, 2.05) is 12.1 Å². The number of para-hydroxylation sites is 1. The fourth-order valence-electron chi connectivity index (χ4n) is 4.42. The number of aromatic amines is 1. The average molecular weight is 386 g/mol. The molecule has 2 unspecified atom stereocenters. The van der Waals surface area contributed by atoms with Gasteiger partial charge in [-0.2, -0.15) is 0 Å². The van der Waals surface area contributed by atoms with Crippen molar-refractivity contribution in [3.63, 3.8) is 0 Å². The molecule has 3 aromatic rings. The van der Waals surface area contributed by atoms with E-state index >= 15 is 0 Å². The molecule has 2 heterocycles. The topological polar surface area (TPSA) is 56.3 Å². The summed E-state index contributed by atoms with van der Waals surface area (Å²) in [6.45, 7) is 8.76. The number of allylic oxidation sites excluding steroid dienone is 1. The van der Waals surface area contributed by atoms with Gasteiger partial charge in [0.15, 0.2) is 0 Å². The van der Waals surface area contributed by atoms with E-state index in [1.165, 1.54) is 33.8 Å². The van der Waals surface area contributed by atoms with Crippen molar-refractivity contribution in [3.05, 3.63) is 89.3 Å². The van der Waals surface area contributed by atoms with Gasteiger partial charge in [0.1, 0.15) is 0 Å². The lowest BCUT2D eigenvalue weighted by molar-refractivity contribution is -0.131. The summed E-state index contributed by atoms with van der Waals surface area (Å²) in [7, 11) is 0. The minimum atomic E-state index is -0.941. The van der Waals surface area contributed by atoms with Gasteiger partial charge in [-0.05, 0) is 48.6 Å². The molecular weight excluding hydrogens is 360 g/mol. The van der Waals surface area contributed by atoms with Crippen LogP contribution >= 0.6 is 0 Å². The van der Waals surface area contributed by atoms with Crippen molar-refractivity contribution in [3.8, 4) is 0 Å². The third-order valence-electron chi connectivity index (χ3n) is 5.82. The highest BCUT2D eigenvalue weighted by Crippen LogP contribution is 2.42. The number of H-pyrrole nitrogens is 1. The lowest BCUT2D eigenvalue weighted by atomic mass is 9.87. The van der Waals surface area contributed by atoms with Crippen molar-refractivity contribution in [1.29, 1.82) is 0 Å². The number of hydrogen-bond acceptors (Lipinski definition) is 2. The Morgan fingerprint density at radius 2 is 1.97 bits per heavy atom. The minimum Gasteiger partial charge on any atom is -0.478 e. The molecule has 1 aromatic heterocycles. The third kappa shape index (κ3) is 3.46. The summed E-state index contributed by atoms with van der Waals surface area (Å²) in [6, 6.07) is 17.0. The molecule has 0 saturated heterocycles. The van der Waals surface area contributed by atoms with Crippen LogP contribution in [-0.4, -0.2) is 27.0 Å². The quantitative estimate of drug-likeness (QED) is 0.567. The fraction of sp³-hybridized carbons (Fsp3) is 0.240. The van der Waals surface area contributed by atoms with Crippen LogP contribution in [0.25, 0.3) is 17.0 Å². The first kappa shape index (κ1) is 19.1. The van der Waals surface area contributed by atoms with Gasteiger partial charge in [0.2, 0.25) is 0 Å². The van der Waals surface area contributed by atoms with Crippen molar-refractivity contribution in [2.24, 2.45) is 0 Å². The van der Waals surface area contributed by atoms with Crippen LogP contribution in [0.2, 0.25) is 0 Å². The molecule has 0 saturated carbocycles. The Morgan fingerprint density at radius 1 is 1.24 bits per heavy atom. The molecule has 0 radical (unpaired) electrons. The lowest BCUT2D eigenvalue weighted by Crippen LogP contribution is -2.41. The molecule has 2 N–H and O–H groups in total. The summed E-state index contributed by atoms with van der Waals surface area (Å²) < 4.78 is 0. The molecule has 0 amide bonds. The van der Waals surface area contributed by atoms with Gasteiger partial charge in [-0.25, -0.2) is 4.79 Å². The number of fused-ring (bicyclic) bond motifs is 3. The second-order valence-electron chi connectivity index (χ2n) is 7.68. The van der Waals surface area contributed by atoms with Crippen LogP contribution in [0.4, 0.5) is 0 Å². The van der Waals surface area contributed by atoms with E-state index in [9.17, 15) is 4.79 Å². The van der Waals surface area contributed by atoms with Crippen molar-refractivity contribution < 1.29 is 9.90 Å².